The summed E-state index contributed by atoms with van der Waals surface area (Å²) in [5.74, 6) is -0.372. The van der Waals surface area contributed by atoms with E-state index < -0.39 is 0 Å². The fourth-order valence-corrected chi connectivity index (χ4v) is 2.23. The number of hydrogen-bond acceptors (Lipinski definition) is 4. The van der Waals surface area contributed by atoms with Gasteiger partial charge in [0.25, 0.3) is 0 Å². The molecule has 1 N–H and O–H groups in total. The number of nitrogens with zero attached hydrogens (tertiary/aromatic N) is 2. The van der Waals surface area contributed by atoms with Gasteiger partial charge < -0.3 is 5.11 Å². The first-order chi connectivity index (χ1) is 12.4. The zero-order valence-corrected chi connectivity index (χ0v) is 17.1. The summed E-state index contributed by atoms with van der Waals surface area (Å²) in [5, 5.41) is 18.1. The number of rotatable bonds is 2. The largest absolute Gasteiger partial charge is 0.512 e. The van der Waals surface area contributed by atoms with Gasteiger partial charge in [0.05, 0.1) is 22.9 Å². The molecule has 0 saturated heterocycles. The zero-order valence-electron chi connectivity index (χ0n) is 14.7. The normalized spacial score (nSPS) is 10.2. The molecule has 6 heteroatoms. The van der Waals surface area contributed by atoms with Crippen molar-refractivity contribution in [1.82, 2.24) is 4.98 Å². The van der Waals surface area contributed by atoms with Crippen LogP contribution in [-0.4, -0.2) is 15.9 Å². The monoisotopic (exact) mass is 540 g/mol. The van der Waals surface area contributed by atoms with E-state index in [2.05, 4.69) is 17.1 Å². The Hall–Kier alpha value is -2.87. The molecule has 1 radical (unpaired) electrons. The molecule has 0 bridgehead atoms. The molecule has 0 amide bonds. The summed E-state index contributed by atoms with van der Waals surface area (Å²) in [6.45, 7) is 2.85. The molecule has 0 unspecified atom stereocenters. The number of hydrogen-bond donors (Lipinski definition) is 1. The van der Waals surface area contributed by atoms with Gasteiger partial charge in [-0.2, -0.15) is 5.26 Å². The Balaban J connectivity index is 0.000000395. The quantitative estimate of drug-likeness (QED) is 0.290. The summed E-state index contributed by atoms with van der Waals surface area (Å²) in [6.07, 6.45) is 1.17. The molecule has 3 aromatic rings. The van der Waals surface area contributed by atoms with E-state index in [1.807, 2.05) is 6.07 Å². The van der Waals surface area contributed by atoms with Gasteiger partial charge in [0, 0.05) is 32.0 Å². The summed E-state index contributed by atoms with van der Waals surface area (Å²) >= 11 is 0. The van der Waals surface area contributed by atoms with Gasteiger partial charge in [0.1, 0.15) is 0 Å². The molecule has 3 rings (SSSR count). The van der Waals surface area contributed by atoms with Crippen LogP contribution in [0.4, 0.5) is 4.39 Å². The molecule has 139 valence electrons. The fourth-order valence-electron chi connectivity index (χ4n) is 2.23. The van der Waals surface area contributed by atoms with Crippen LogP contribution in [0, 0.1) is 23.2 Å². The number of carbonyl (C=O) groups excluding carboxylic acids is 1. The average Bonchev–Trinajstić information content (AvgIpc) is 2.60. The van der Waals surface area contributed by atoms with Crippen LogP contribution in [-0.2, 0) is 24.9 Å². The number of fused-ring (bicyclic) bond motifs is 1. The number of ketones is 1. The Morgan fingerprint density at radius 1 is 1.22 bits per heavy atom. The SMILES string of the molecule is CC(=O)/C=C(/C)O.N#Cc1ccc2nc(-c3[c-]ccc(F)c3)ccc2c1.[Ir]. The Labute approximate surface area is 170 Å². The summed E-state index contributed by atoms with van der Waals surface area (Å²) in [6, 6.07) is 18.3. The van der Waals surface area contributed by atoms with Crippen LogP contribution in [0.15, 0.2) is 60.4 Å². The zero-order chi connectivity index (χ0) is 19.1. The molecule has 2 aromatic carbocycles. The third kappa shape index (κ3) is 6.74. The van der Waals surface area contributed by atoms with Gasteiger partial charge in [-0.25, -0.2) is 4.39 Å². The minimum Gasteiger partial charge on any atom is -0.512 e. The topological polar surface area (TPSA) is 74.0 Å². The van der Waals surface area contributed by atoms with Crippen LogP contribution in [0.25, 0.3) is 22.2 Å². The molecule has 0 aliphatic carbocycles. The number of carbonyl (C=O) groups is 1. The van der Waals surface area contributed by atoms with Crippen molar-refractivity contribution < 1.29 is 34.4 Å². The van der Waals surface area contributed by atoms with E-state index in [0.717, 1.165) is 10.9 Å². The van der Waals surface area contributed by atoms with Gasteiger partial charge in [-0.3, -0.25) is 9.78 Å². The van der Waals surface area contributed by atoms with Crippen molar-refractivity contribution in [3.8, 4) is 17.3 Å². The smallest absolute Gasteiger partial charge is 0.155 e. The van der Waals surface area contributed by atoms with Crippen LogP contribution in [0.5, 0.6) is 0 Å². The predicted molar refractivity (Wildman–Crippen MR) is 97.8 cm³/mol. The first kappa shape index (κ1) is 22.2. The van der Waals surface area contributed by atoms with E-state index in [-0.39, 0.29) is 37.5 Å². The number of allylic oxidation sites excluding steroid dienone is 2. The minimum absolute atomic E-state index is 0. The Morgan fingerprint density at radius 2 is 1.96 bits per heavy atom. The Kier molecular flexibility index (Phi) is 8.47. The Bertz CT molecular complexity index is 1020. The number of aliphatic hydroxyl groups excluding tert-OH is 1. The minimum atomic E-state index is -0.310. The first-order valence-corrected chi connectivity index (χ1v) is 7.75. The number of halogens is 1. The van der Waals surface area contributed by atoms with Crippen molar-refractivity contribution in [2.75, 3.05) is 0 Å². The van der Waals surface area contributed by atoms with Gasteiger partial charge >= 0.3 is 0 Å². The number of pyridine rings is 1. The van der Waals surface area contributed by atoms with E-state index >= 15 is 0 Å². The first-order valence-electron chi connectivity index (χ1n) is 7.75. The molecule has 27 heavy (non-hydrogen) atoms. The summed E-state index contributed by atoms with van der Waals surface area (Å²) in [5.41, 5.74) is 2.65. The van der Waals surface area contributed by atoms with Gasteiger partial charge in [0.2, 0.25) is 0 Å². The maximum absolute atomic E-state index is 13.2. The van der Waals surface area contributed by atoms with Gasteiger partial charge in [0.15, 0.2) is 5.78 Å². The maximum Gasteiger partial charge on any atom is 0.155 e. The maximum atomic E-state index is 13.2. The van der Waals surface area contributed by atoms with Crippen molar-refractivity contribution in [3.63, 3.8) is 0 Å². The molecule has 0 spiro atoms. The van der Waals surface area contributed by atoms with Gasteiger partial charge in [-0.15, -0.1) is 29.8 Å². The number of benzene rings is 2. The van der Waals surface area contributed by atoms with Crippen LogP contribution >= 0.6 is 0 Å². The van der Waals surface area contributed by atoms with Crippen molar-refractivity contribution in [3.05, 3.63) is 77.8 Å². The van der Waals surface area contributed by atoms with Crippen molar-refractivity contribution in [1.29, 1.82) is 5.26 Å². The third-order valence-electron chi connectivity index (χ3n) is 3.27. The molecule has 0 atom stereocenters. The van der Waals surface area contributed by atoms with E-state index in [1.165, 1.54) is 38.1 Å². The second-order valence-corrected chi connectivity index (χ2v) is 5.53. The standard InChI is InChI=1S/C16H8FN2.C5H8O2.Ir/c17-14-3-1-2-12(9-14)16-7-5-13-8-11(10-18)4-6-15(13)19-16;1-4(6)3-5(2)7;/h1,3-9H;3,6H,1-2H3;/q-1;;/b;4-3-;. The van der Waals surface area contributed by atoms with E-state index in [1.54, 1.807) is 24.3 Å². The molecule has 4 nitrogen and oxygen atoms in total. The fraction of sp³-hybridized carbons (Fsp3) is 0.0952. The van der Waals surface area contributed by atoms with Crippen molar-refractivity contribution >= 4 is 16.7 Å². The Morgan fingerprint density at radius 3 is 2.52 bits per heavy atom. The van der Waals surface area contributed by atoms with Crippen LogP contribution < -0.4 is 0 Å². The number of aliphatic hydroxyl groups is 1. The van der Waals surface area contributed by atoms with Crippen LogP contribution in [0.1, 0.15) is 19.4 Å². The molecule has 1 heterocycles. The van der Waals surface area contributed by atoms with E-state index in [0.29, 0.717) is 16.8 Å². The summed E-state index contributed by atoms with van der Waals surface area (Å²) in [7, 11) is 0. The van der Waals surface area contributed by atoms with Crippen molar-refractivity contribution in [2.24, 2.45) is 0 Å². The van der Waals surface area contributed by atoms with Crippen LogP contribution in [0.3, 0.4) is 0 Å². The predicted octanol–water partition coefficient (Wildman–Crippen LogP) is 4.75. The molecule has 0 fully saturated rings. The molecule has 0 aliphatic rings. The average molecular weight is 540 g/mol. The second kappa shape index (κ2) is 10.3. The van der Waals surface area contributed by atoms with E-state index in [9.17, 15) is 9.18 Å². The molecular weight excluding hydrogens is 523 g/mol. The number of nitriles is 1. The van der Waals surface area contributed by atoms with Crippen LogP contribution in [0.2, 0.25) is 0 Å². The van der Waals surface area contributed by atoms with E-state index in [4.69, 9.17) is 10.4 Å². The summed E-state index contributed by atoms with van der Waals surface area (Å²) in [4.78, 5) is 14.5. The number of aromatic nitrogens is 1. The molecular formula is C21H16FIrN2O2-. The molecule has 0 saturated carbocycles. The third-order valence-corrected chi connectivity index (χ3v) is 3.27. The summed E-state index contributed by atoms with van der Waals surface area (Å²) < 4.78 is 13.2. The van der Waals surface area contributed by atoms with Gasteiger partial charge in [-0.1, -0.05) is 12.1 Å². The second-order valence-electron chi connectivity index (χ2n) is 5.53. The van der Waals surface area contributed by atoms with Gasteiger partial charge in [-0.05, 0) is 43.1 Å². The molecule has 0 aliphatic heterocycles. The van der Waals surface area contributed by atoms with Crippen molar-refractivity contribution in [2.45, 2.75) is 13.8 Å². The molecule has 1 aromatic heterocycles.